The van der Waals surface area contributed by atoms with E-state index in [1.807, 2.05) is 72.8 Å². The molecule has 0 saturated heterocycles. The minimum atomic E-state index is -2.15. The van der Waals surface area contributed by atoms with Gasteiger partial charge < -0.3 is 9.05 Å². The zero-order valence-electron chi connectivity index (χ0n) is 29.2. The normalized spacial score (nSPS) is 11.8. The highest BCUT2D eigenvalue weighted by Crippen LogP contribution is 2.50. The predicted molar refractivity (Wildman–Crippen MR) is 227 cm³/mol. The number of hydrogen-bond acceptors (Lipinski definition) is 6. The Morgan fingerprint density at radius 3 is 0.846 bits per heavy atom. The Labute approximate surface area is 319 Å². The van der Waals surface area contributed by atoms with Crippen LogP contribution in [0.3, 0.4) is 0 Å². The molecule has 0 amide bonds. The third-order valence-electron chi connectivity index (χ3n) is 8.83. The Hall–Kier alpha value is -4.18. The van der Waals surface area contributed by atoms with E-state index in [1.54, 1.807) is 0 Å². The molecule has 0 fully saturated rings. The fourth-order valence-corrected chi connectivity index (χ4v) is 11.7. The molecule has 0 aliphatic heterocycles. The van der Waals surface area contributed by atoms with Crippen LogP contribution in [-0.4, -0.2) is 24.6 Å². The molecule has 0 unspecified atom stereocenters. The van der Waals surface area contributed by atoms with Crippen LogP contribution in [0.1, 0.15) is 22.3 Å². The van der Waals surface area contributed by atoms with Crippen LogP contribution in [-0.2, 0) is 49.3 Å². The van der Waals surface area contributed by atoms with E-state index in [1.165, 1.54) is 22.3 Å². The molecule has 52 heavy (non-hydrogen) atoms. The topological polar surface area (TPSA) is 43.2 Å². The van der Waals surface area contributed by atoms with Gasteiger partial charge in [0.1, 0.15) is 24.0 Å². The molecule has 264 valence electrons. The highest BCUT2D eigenvalue weighted by Gasteiger charge is 2.21. The summed E-state index contributed by atoms with van der Waals surface area (Å²) >= 11 is 12.6. The maximum absolute atomic E-state index is 6.63. The Morgan fingerprint density at radius 1 is 0.346 bits per heavy atom. The molecule has 0 heterocycles. The average molecular weight is 759 g/mol. The second-order valence-electron chi connectivity index (χ2n) is 12.8. The van der Waals surface area contributed by atoms with Gasteiger partial charge in [0.2, 0.25) is 0 Å². The van der Waals surface area contributed by atoms with Crippen molar-refractivity contribution >= 4 is 47.5 Å². The van der Waals surface area contributed by atoms with E-state index in [9.17, 15) is 0 Å². The zero-order chi connectivity index (χ0) is 35.9. The number of aryl methyl sites for hydroxylation is 4. The van der Waals surface area contributed by atoms with Crippen molar-refractivity contribution in [1.82, 2.24) is 0 Å². The van der Waals surface area contributed by atoms with Gasteiger partial charge in [0.05, 0.1) is 11.4 Å². The quantitative estimate of drug-likeness (QED) is 0.0647. The molecule has 0 bridgehead atoms. The van der Waals surface area contributed by atoms with Gasteiger partial charge >= 0.3 is 0 Å². The lowest BCUT2D eigenvalue weighted by atomic mass is 10.2. The van der Waals surface area contributed by atoms with E-state index in [2.05, 4.69) is 107 Å². The molecule has 0 aromatic heterocycles. The van der Waals surface area contributed by atoms with Gasteiger partial charge in [-0.2, -0.15) is 10.2 Å². The molecule has 6 rings (SSSR count). The Balaban J connectivity index is 1.07. The fourth-order valence-electron chi connectivity index (χ4n) is 5.83. The number of azo groups is 1. The molecule has 0 spiro atoms. The lowest BCUT2D eigenvalue weighted by Crippen LogP contribution is -2.07. The van der Waals surface area contributed by atoms with Crippen LogP contribution in [0.5, 0.6) is 11.5 Å². The first-order valence-electron chi connectivity index (χ1n) is 17.8. The van der Waals surface area contributed by atoms with Gasteiger partial charge in [-0.3, -0.25) is 0 Å². The van der Waals surface area contributed by atoms with Crippen molar-refractivity contribution in [3.8, 4) is 11.5 Å². The average Bonchev–Trinajstić information content (AvgIpc) is 3.20. The minimum absolute atomic E-state index is 0.742. The van der Waals surface area contributed by atoms with Crippen LogP contribution in [0.25, 0.3) is 0 Å². The second kappa shape index (κ2) is 19.1. The van der Waals surface area contributed by atoms with Gasteiger partial charge in [-0.1, -0.05) is 145 Å². The summed E-state index contributed by atoms with van der Waals surface area (Å²) in [6, 6.07) is 57.6. The molecular formula is C44H44N2O2P2S2. The molecule has 0 N–H and O–H groups in total. The molecule has 0 aliphatic rings. The molecule has 6 aromatic rings. The van der Waals surface area contributed by atoms with Crippen molar-refractivity contribution < 1.29 is 9.05 Å². The van der Waals surface area contributed by atoms with E-state index >= 15 is 0 Å². The summed E-state index contributed by atoms with van der Waals surface area (Å²) in [4.78, 5) is 0. The summed E-state index contributed by atoms with van der Waals surface area (Å²) in [6.07, 6.45) is 2.68. The summed E-state index contributed by atoms with van der Waals surface area (Å²) < 4.78 is 13.3. The second-order valence-corrected chi connectivity index (χ2v) is 22.2. The Bertz CT molecular complexity index is 1830. The third kappa shape index (κ3) is 12.2. The van der Waals surface area contributed by atoms with Crippen molar-refractivity contribution in [2.45, 2.75) is 25.7 Å². The van der Waals surface area contributed by atoms with Crippen molar-refractivity contribution in [2.75, 3.05) is 24.6 Å². The third-order valence-corrected chi connectivity index (χ3v) is 16.2. The molecule has 0 radical (unpaired) electrons. The van der Waals surface area contributed by atoms with Crippen LogP contribution >= 0.6 is 12.5 Å². The highest BCUT2D eigenvalue weighted by molar-refractivity contribution is 8.12. The molecule has 0 atom stereocenters. The number of hydrogen-bond donors (Lipinski definition) is 0. The van der Waals surface area contributed by atoms with E-state index in [0.717, 1.165) is 73.2 Å². The Kier molecular flexibility index (Phi) is 13.8. The maximum atomic E-state index is 6.63. The zero-order valence-corrected chi connectivity index (χ0v) is 32.7. The monoisotopic (exact) mass is 758 g/mol. The van der Waals surface area contributed by atoms with Gasteiger partial charge in [0.15, 0.2) is 0 Å². The number of rotatable bonds is 18. The van der Waals surface area contributed by atoms with Crippen molar-refractivity contribution in [3.63, 3.8) is 0 Å². The minimum Gasteiger partial charge on any atom is -0.467 e. The lowest BCUT2D eigenvalue weighted by Gasteiger charge is -2.24. The maximum Gasteiger partial charge on any atom is 0.124 e. The Morgan fingerprint density at radius 2 is 0.596 bits per heavy atom. The van der Waals surface area contributed by atoms with Crippen LogP contribution in [0.2, 0.25) is 0 Å². The predicted octanol–water partition coefficient (Wildman–Crippen LogP) is 12.6. The molecular weight excluding hydrogens is 715 g/mol. The highest BCUT2D eigenvalue weighted by atomic mass is 32.4. The summed E-state index contributed by atoms with van der Waals surface area (Å²) in [5.74, 6) is 1.56. The fraction of sp³-hybridized carbons (Fsp3) is 0.182. The first-order chi connectivity index (χ1) is 25.4. The molecule has 6 aromatic carbocycles. The summed E-state index contributed by atoms with van der Waals surface area (Å²) in [5, 5.41) is 8.99. The van der Waals surface area contributed by atoms with Crippen LogP contribution in [0, 0.1) is 0 Å². The number of nitrogens with zero attached hydrogens (tertiary/aromatic N) is 2. The van der Waals surface area contributed by atoms with Gasteiger partial charge in [-0.25, -0.2) is 0 Å². The van der Waals surface area contributed by atoms with Gasteiger partial charge in [-0.15, -0.1) is 0 Å². The van der Waals surface area contributed by atoms with Crippen molar-refractivity contribution in [2.24, 2.45) is 10.2 Å². The van der Waals surface area contributed by atoms with E-state index in [-0.39, 0.29) is 0 Å². The smallest absolute Gasteiger partial charge is 0.124 e. The number of benzene rings is 6. The largest absolute Gasteiger partial charge is 0.467 e. The van der Waals surface area contributed by atoms with Gasteiger partial charge in [0, 0.05) is 24.6 Å². The van der Waals surface area contributed by atoms with Crippen LogP contribution in [0.4, 0.5) is 11.4 Å². The van der Waals surface area contributed by atoms with E-state index < -0.39 is 12.5 Å². The van der Waals surface area contributed by atoms with E-state index in [4.69, 9.17) is 32.7 Å². The van der Waals surface area contributed by atoms with Crippen molar-refractivity contribution in [3.05, 3.63) is 192 Å². The first-order valence-corrected chi connectivity index (χ1v) is 23.9. The molecule has 4 nitrogen and oxygen atoms in total. The van der Waals surface area contributed by atoms with Gasteiger partial charge in [-0.05, 0) is 96.5 Å². The summed E-state index contributed by atoms with van der Waals surface area (Å²) in [7, 11) is 0. The molecule has 0 saturated carbocycles. The SMILES string of the molecule is S=P(CCc1ccccc1)(CCc1ccccc1)Oc1ccc(N=Nc2ccc(OP(=S)(CCc3ccccc3)CCc3ccccc3)cc2)cc1. The van der Waals surface area contributed by atoms with Crippen LogP contribution < -0.4 is 9.05 Å². The van der Waals surface area contributed by atoms with Crippen LogP contribution in [0.15, 0.2) is 180 Å². The standard InChI is InChI=1S/C44H44N2O2P2S2/c51-49(33-29-37-13-5-1-6-14-37,34-30-38-15-7-2-8-16-38)47-43-25-21-41(22-26-43)45-46-42-23-27-44(28-24-42)48-50(52,35-31-39-17-9-3-10-18-39)36-32-40-19-11-4-12-20-40/h1-28H,29-36H2. The van der Waals surface area contributed by atoms with E-state index in [0.29, 0.717) is 0 Å². The van der Waals surface area contributed by atoms with Crippen molar-refractivity contribution in [1.29, 1.82) is 0 Å². The van der Waals surface area contributed by atoms with Gasteiger partial charge in [0.25, 0.3) is 0 Å². The summed E-state index contributed by atoms with van der Waals surface area (Å²) in [6.45, 7) is 0. The summed E-state index contributed by atoms with van der Waals surface area (Å²) in [5.41, 5.74) is 6.62. The lowest BCUT2D eigenvalue weighted by molar-refractivity contribution is 0.607. The molecule has 8 heteroatoms. The molecule has 0 aliphatic carbocycles. The first kappa shape index (κ1) is 37.6.